The van der Waals surface area contributed by atoms with E-state index in [1.807, 2.05) is 7.05 Å². The van der Waals surface area contributed by atoms with Crippen molar-refractivity contribution >= 4 is 0 Å². The van der Waals surface area contributed by atoms with Crippen LogP contribution in [0.15, 0.2) is 0 Å². The van der Waals surface area contributed by atoms with Gasteiger partial charge < -0.3 is 12.2 Å². The maximum absolute atomic E-state index is 3.81. The van der Waals surface area contributed by atoms with Gasteiger partial charge in [-0.15, -0.1) is 0 Å². The van der Waals surface area contributed by atoms with Crippen molar-refractivity contribution in [1.82, 2.24) is 5.32 Å². The standard InChI is InChI=1S/C7H16N.Na/c1-4-6-7(5-2)8-3;/h7-8H,2,4-6H2,1,3H3;/q-1;+1. The smallest absolute Gasteiger partial charge is 0.342 e. The SMILES string of the molecule is [CH2-]CC(CCC)NC.[Na+]. The molecule has 0 aromatic carbocycles. The van der Waals surface area contributed by atoms with Crippen LogP contribution < -0.4 is 34.9 Å². The zero-order valence-electron chi connectivity index (χ0n) is 6.91. The molecule has 0 aromatic heterocycles. The first-order valence-corrected chi connectivity index (χ1v) is 3.31. The second kappa shape index (κ2) is 8.96. The topological polar surface area (TPSA) is 12.0 Å². The Morgan fingerprint density at radius 2 is 2.11 bits per heavy atom. The van der Waals surface area contributed by atoms with E-state index in [4.69, 9.17) is 0 Å². The van der Waals surface area contributed by atoms with Crippen molar-refractivity contribution in [1.29, 1.82) is 0 Å². The summed E-state index contributed by atoms with van der Waals surface area (Å²) >= 11 is 0. The Bertz CT molecular complexity index is 44.2. The molecule has 0 amide bonds. The van der Waals surface area contributed by atoms with Crippen molar-refractivity contribution in [2.24, 2.45) is 0 Å². The van der Waals surface area contributed by atoms with Crippen LogP contribution in [0.2, 0.25) is 0 Å². The monoisotopic (exact) mass is 137 g/mol. The van der Waals surface area contributed by atoms with Gasteiger partial charge in [0, 0.05) is 0 Å². The summed E-state index contributed by atoms with van der Waals surface area (Å²) in [5, 5.41) is 3.19. The molecule has 1 N–H and O–H groups in total. The zero-order chi connectivity index (χ0) is 6.41. The molecule has 0 fully saturated rings. The molecule has 0 saturated carbocycles. The van der Waals surface area contributed by atoms with E-state index in [0.29, 0.717) is 6.04 Å². The van der Waals surface area contributed by atoms with E-state index in [2.05, 4.69) is 19.2 Å². The molecule has 0 aliphatic rings. The van der Waals surface area contributed by atoms with Crippen LogP contribution in [0.3, 0.4) is 0 Å². The van der Waals surface area contributed by atoms with E-state index in [1.165, 1.54) is 12.8 Å². The Morgan fingerprint density at radius 1 is 1.56 bits per heavy atom. The van der Waals surface area contributed by atoms with Gasteiger partial charge in [-0.2, -0.15) is 6.42 Å². The van der Waals surface area contributed by atoms with Crippen molar-refractivity contribution in [3.63, 3.8) is 0 Å². The van der Waals surface area contributed by atoms with Gasteiger partial charge in [-0.1, -0.05) is 13.3 Å². The molecule has 0 bridgehead atoms. The summed E-state index contributed by atoms with van der Waals surface area (Å²) in [6.45, 7) is 6.01. The van der Waals surface area contributed by atoms with Gasteiger partial charge in [-0.3, -0.25) is 0 Å². The fraction of sp³-hybridized carbons (Fsp3) is 0.857. The van der Waals surface area contributed by atoms with Gasteiger partial charge in [0.2, 0.25) is 0 Å². The van der Waals surface area contributed by atoms with Crippen molar-refractivity contribution in [3.8, 4) is 0 Å². The van der Waals surface area contributed by atoms with E-state index in [9.17, 15) is 0 Å². The fourth-order valence-corrected chi connectivity index (χ4v) is 0.781. The Balaban J connectivity index is 0. The maximum Gasteiger partial charge on any atom is 1.00 e. The van der Waals surface area contributed by atoms with Crippen LogP contribution in [0.5, 0.6) is 0 Å². The maximum atomic E-state index is 3.81. The largest absolute Gasteiger partial charge is 1.00 e. The van der Waals surface area contributed by atoms with Gasteiger partial charge >= 0.3 is 29.6 Å². The Hall–Kier alpha value is 0.960. The predicted octanol–water partition coefficient (Wildman–Crippen LogP) is -1.40. The molecular formula is C7H16NNa. The van der Waals surface area contributed by atoms with Gasteiger partial charge in [0.25, 0.3) is 0 Å². The van der Waals surface area contributed by atoms with Gasteiger partial charge in [-0.25, -0.2) is 0 Å². The first kappa shape index (κ1) is 12.6. The Morgan fingerprint density at radius 3 is 2.22 bits per heavy atom. The van der Waals surface area contributed by atoms with E-state index in [-0.39, 0.29) is 29.6 Å². The average Bonchev–Trinajstić information content (AvgIpc) is 1.83. The molecular weight excluding hydrogens is 121 g/mol. The summed E-state index contributed by atoms with van der Waals surface area (Å²) in [6.07, 6.45) is 3.51. The van der Waals surface area contributed by atoms with Crippen LogP contribution in [0.4, 0.5) is 0 Å². The van der Waals surface area contributed by atoms with Crippen molar-refractivity contribution in [3.05, 3.63) is 6.92 Å². The van der Waals surface area contributed by atoms with Gasteiger partial charge in [0.15, 0.2) is 0 Å². The number of rotatable bonds is 4. The molecule has 1 atom stereocenters. The fourth-order valence-electron chi connectivity index (χ4n) is 0.781. The summed E-state index contributed by atoms with van der Waals surface area (Å²) in [5.74, 6) is 0. The molecule has 1 nitrogen and oxygen atoms in total. The molecule has 0 spiro atoms. The minimum atomic E-state index is 0. The van der Waals surface area contributed by atoms with Crippen LogP contribution in [0.1, 0.15) is 26.2 Å². The van der Waals surface area contributed by atoms with E-state index in [1.54, 1.807) is 0 Å². The first-order chi connectivity index (χ1) is 3.85. The van der Waals surface area contributed by atoms with Crippen LogP contribution >= 0.6 is 0 Å². The second-order valence-corrected chi connectivity index (χ2v) is 2.06. The molecule has 50 valence electrons. The Kier molecular flexibility index (Phi) is 12.6. The first-order valence-electron chi connectivity index (χ1n) is 3.31. The second-order valence-electron chi connectivity index (χ2n) is 2.06. The molecule has 0 radical (unpaired) electrons. The minimum absolute atomic E-state index is 0. The van der Waals surface area contributed by atoms with Crippen LogP contribution in [-0.4, -0.2) is 13.1 Å². The molecule has 0 saturated heterocycles. The van der Waals surface area contributed by atoms with Crippen LogP contribution in [-0.2, 0) is 0 Å². The van der Waals surface area contributed by atoms with Gasteiger partial charge in [0.1, 0.15) is 0 Å². The summed E-state index contributed by atoms with van der Waals surface area (Å²) in [7, 11) is 1.99. The molecule has 9 heavy (non-hydrogen) atoms. The minimum Gasteiger partial charge on any atom is -0.342 e. The van der Waals surface area contributed by atoms with E-state index < -0.39 is 0 Å². The molecule has 0 aromatic rings. The van der Waals surface area contributed by atoms with Gasteiger partial charge in [-0.05, 0) is 19.5 Å². The summed E-state index contributed by atoms with van der Waals surface area (Å²) in [6, 6.07) is 0.639. The zero-order valence-corrected chi connectivity index (χ0v) is 8.91. The predicted molar refractivity (Wildman–Crippen MR) is 37.7 cm³/mol. The van der Waals surface area contributed by atoms with E-state index >= 15 is 0 Å². The summed E-state index contributed by atoms with van der Waals surface area (Å²) in [5.41, 5.74) is 0. The average molecular weight is 137 g/mol. The van der Waals surface area contributed by atoms with E-state index in [0.717, 1.165) is 6.42 Å². The molecule has 0 aliphatic carbocycles. The molecule has 1 unspecified atom stereocenters. The van der Waals surface area contributed by atoms with Crippen molar-refractivity contribution < 1.29 is 29.6 Å². The normalized spacial score (nSPS) is 12.3. The van der Waals surface area contributed by atoms with Crippen LogP contribution in [0.25, 0.3) is 0 Å². The molecule has 0 aliphatic heterocycles. The van der Waals surface area contributed by atoms with Gasteiger partial charge in [0.05, 0.1) is 0 Å². The molecule has 0 heterocycles. The third-order valence-corrected chi connectivity index (χ3v) is 1.39. The third kappa shape index (κ3) is 6.85. The van der Waals surface area contributed by atoms with Crippen LogP contribution in [0, 0.1) is 6.92 Å². The number of nitrogens with one attached hydrogen (secondary N) is 1. The Labute approximate surface area is 80.9 Å². The quantitative estimate of drug-likeness (QED) is 0.371. The van der Waals surface area contributed by atoms with Crippen molar-refractivity contribution in [2.45, 2.75) is 32.2 Å². The molecule has 0 rings (SSSR count). The number of hydrogen-bond donors (Lipinski definition) is 1. The third-order valence-electron chi connectivity index (χ3n) is 1.39. The number of hydrogen-bond acceptors (Lipinski definition) is 1. The van der Waals surface area contributed by atoms with Crippen molar-refractivity contribution in [2.75, 3.05) is 7.05 Å². The summed E-state index contributed by atoms with van der Waals surface area (Å²) in [4.78, 5) is 0. The summed E-state index contributed by atoms with van der Waals surface area (Å²) < 4.78 is 0. The molecule has 2 heteroatoms.